The van der Waals surface area contributed by atoms with E-state index in [1.807, 2.05) is 0 Å². The molecule has 2 amide bonds. The average molecular weight is 248 g/mol. The molecule has 0 unspecified atom stereocenters. The second-order valence-corrected chi connectivity index (χ2v) is 4.30. The Morgan fingerprint density at radius 1 is 1.50 bits per heavy atom. The normalized spacial score (nSPS) is 14.0. The Kier molecular flexibility index (Phi) is 3.18. The van der Waals surface area contributed by atoms with Crippen molar-refractivity contribution in [2.24, 2.45) is 0 Å². The smallest absolute Gasteiger partial charge is 0.254 e. The molecule has 0 atom stereocenters. The Labute approximate surface area is 105 Å². The van der Waals surface area contributed by atoms with Crippen molar-refractivity contribution in [1.82, 2.24) is 15.2 Å². The van der Waals surface area contributed by atoms with E-state index in [9.17, 15) is 9.59 Å². The average Bonchev–Trinajstić information content (AvgIpc) is 2.36. The Balaban J connectivity index is 2.38. The van der Waals surface area contributed by atoms with Crippen LogP contribution in [0.25, 0.3) is 0 Å². The first-order valence-corrected chi connectivity index (χ1v) is 5.78. The first-order valence-electron chi connectivity index (χ1n) is 5.78. The van der Waals surface area contributed by atoms with Crippen LogP contribution in [0.3, 0.4) is 0 Å². The minimum Gasteiger partial charge on any atom is -0.383 e. The van der Waals surface area contributed by atoms with E-state index in [1.165, 1.54) is 6.92 Å². The van der Waals surface area contributed by atoms with Crippen LogP contribution in [-0.2, 0) is 17.8 Å². The summed E-state index contributed by atoms with van der Waals surface area (Å²) >= 11 is 0. The Bertz CT molecular complexity index is 513. The fourth-order valence-corrected chi connectivity index (χ4v) is 2.07. The van der Waals surface area contributed by atoms with Gasteiger partial charge in [0.25, 0.3) is 5.91 Å². The Hall–Kier alpha value is -2.11. The zero-order valence-corrected chi connectivity index (χ0v) is 10.5. The van der Waals surface area contributed by atoms with E-state index in [0.717, 1.165) is 11.3 Å². The third kappa shape index (κ3) is 2.13. The zero-order valence-electron chi connectivity index (χ0n) is 10.5. The van der Waals surface area contributed by atoms with E-state index in [1.54, 1.807) is 18.0 Å². The molecular weight excluding hydrogens is 232 g/mol. The number of hydrogen-bond acceptors (Lipinski definition) is 4. The predicted molar refractivity (Wildman–Crippen MR) is 66.8 cm³/mol. The van der Waals surface area contributed by atoms with Gasteiger partial charge in [0.05, 0.1) is 5.56 Å². The minimum atomic E-state index is -0.261. The minimum absolute atomic E-state index is 0.0268. The number of carbonyl (C=O) groups excluding carboxylic acids is 2. The largest absolute Gasteiger partial charge is 0.383 e. The molecule has 1 aliphatic heterocycles. The number of nitrogens with one attached hydrogen (secondary N) is 1. The summed E-state index contributed by atoms with van der Waals surface area (Å²) in [6.45, 7) is 2.67. The summed E-state index contributed by atoms with van der Waals surface area (Å²) in [6, 6.07) is 1.73. The van der Waals surface area contributed by atoms with Gasteiger partial charge in [-0.25, -0.2) is 4.98 Å². The summed E-state index contributed by atoms with van der Waals surface area (Å²) in [6.07, 6.45) is 0.674. The lowest BCUT2D eigenvalue weighted by atomic mass is 10.0. The molecule has 1 aromatic rings. The van der Waals surface area contributed by atoms with Crippen molar-refractivity contribution in [1.29, 1.82) is 0 Å². The monoisotopic (exact) mass is 248 g/mol. The van der Waals surface area contributed by atoms with E-state index in [2.05, 4.69) is 10.3 Å². The zero-order chi connectivity index (χ0) is 13.3. The number of anilines is 1. The van der Waals surface area contributed by atoms with Crippen LogP contribution in [0.2, 0.25) is 0 Å². The van der Waals surface area contributed by atoms with Gasteiger partial charge in [0, 0.05) is 39.2 Å². The van der Waals surface area contributed by atoms with Gasteiger partial charge in [-0.1, -0.05) is 0 Å². The highest BCUT2D eigenvalue weighted by Crippen LogP contribution is 2.21. The number of nitrogens with two attached hydrogens (primary N) is 1. The van der Waals surface area contributed by atoms with E-state index < -0.39 is 0 Å². The molecule has 1 aliphatic rings. The molecule has 0 bridgehead atoms. The fraction of sp³-hybridized carbons (Fsp3) is 0.417. The maximum absolute atomic E-state index is 11.6. The number of fused-ring (bicyclic) bond motifs is 1. The first-order chi connectivity index (χ1) is 8.52. The topological polar surface area (TPSA) is 88.3 Å². The summed E-state index contributed by atoms with van der Waals surface area (Å²) in [5, 5.41) is 2.52. The molecule has 18 heavy (non-hydrogen) atoms. The van der Waals surface area contributed by atoms with Gasteiger partial charge in [-0.05, 0) is 11.6 Å². The number of aromatic nitrogens is 1. The van der Waals surface area contributed by atoms with Crippen molar-refractivity contribution in [3.05, 3.63) is 22.9 Å². The van der Waals surface area contributed by atoms with Crippen molar-refractivity contribution in [3.8, 4) is 0 Å². The highest BCUT2D eigenvalue weighted by atomic mass is 16.2. The summed E-state index contributed by atoms with van der Waals surface area (Å²) in [5.41, 5.74) is 7.89. The molecule has 6 nitrogen and oxygen atoms in total. The molecule has 2 heterocycles. The molecular formula is C12H16N4O2. The highest BCUT2D eigenvalue weighted by Gasteiger charge is 2.22. The quantitative estimate of drug-likeness (QED) is 0.728. The number of carbonyl (C=O) groups is 2. The molecule has 0 aliphatic carbocycles. The van der Waals surface area contributed by atoms with Crippen LogP contribution in [0, 0.1) is 0 Å². The number of hydrogen-bond donors (Lipinski definition) is 2. The van der Waals surface area contributed by atoms with Crippen molar-refractivity contribution in [3.63, 3.8) is 0 Å². The van der Waals surface area contributed by atoms with Crippen molar-refractivity contribution < 1.29 is 9.59 Å². The lowest BCUT2D eigenvalue weighted by Crippen LogP contribution is -2.35. The van der Waals surface area contributed by atoms with Crippen molar-refractivity contribution >= 4 is 17.6 Å². The Morgan fingerprint density at radius 2 is 2.22 bits per heavy atom. The van der Waals surface area contributed by atoms with Gasteiger partial charge in [0.1, 0.15) is 5.82 Å². The van der Waals surface area contributed by atoms with Crippen molar-refractivity contribution in [2.75, 3.05) is 19.3 Å². The van der Waals surface area contributed by atoms with Gasteiger partial charge in [0.15, 0.2) is 0 Å². The van der Waals surface area contributed by atoms with Gasteiger partial charge in [-0.15, -0.1) is 0 Å². The highest BCUT2D eigenvalue weighted by molar-refractivity contribution is 5.98. The number of pyridine rings is 1. The molecule has 0 spiro atoms. The maximum Gasteiger partial charge on any atom is 0.254 e. The number of nitrogen functional groups attached to an aromatic ring is 1. The van der Waals surface area contributed by atoms with Crippen LogP contribution in [0.4, 0.5) is 5.82 Å². The van der Waals surface area contributed by atoms with E-state index in [-0.39, 0.29) is 17.6 Å². The number of nitrogens with zero attached hydrogens (tertiary/aromatic N) is 2. The van der Waals surface area contributed by atoms with Gasteiger partial charge in [-0.2, -0.15) is 0 Å². The van der Waals surface area contributed by atoms with Gasteiger partial charge < -0.3 is 16.0 Å². The van der Waals surface area contributed by atoms with E-state index in [4.69, 9.17) is 5.73 Å². The second kappa shape index (κ2) is 4.64. The molecule has 3 N–H and O–H groups in total. The van der Waals surface area contributed by atoms with Gasteiger partial charge in [0.2, 0.25) is 5.91 Å². The van der Waals surface area contributed by atoms with E-state index >= 15 is 0 Å². The molecule has 96 valence electrons. The number of amides is 2. The standard InChI is InChI=1S/C12H16N4O2/c1-7(17)16-4-3-10-8(6-16)5-9(11(13)15-10)12(18)14-2/h5H,3-4,6H2,1-2H3,(H2,13,15)(H,14,18). The molecule has 1 aromatic heterocycles. The van der Waals surface area contributed by atoms with E-state index in [0.29, 0.717) is 25.1 Å². The fourth-order valence-electron chi connectivity index (χ4n) is 2.07. The molecule has 0 fully saturated rings. The molecule has 0 saturated carbocycles. The lowest BCUT2D eigenvalue weighted by molar-refractivity contribution is -0.129. The molecule has 6 heteroatoms. The Morgan fingerprint density at radius 3 is 2.83 bits per heavy atom. The first kappa shape index (κ1) is 12.3. The van der Waals surface area contributed by atoms with Crippen LogP contribution >= 0.6 is 0 Å². The third-order valence-electron chi connectivity index (χ3n) is 3.12. The molecule has 2 rings (SSSR count). The van der Waals surface area contributed by atoms with Crippen LogP contribution in [0.1, 0.15) is 28.5 Å². The second-order valence-electron chi connectivity index (χ2n) is 4.30. The van der Waals surface area contributed by atoms with Crippen LogP contribution in [-0.4, -0.2) is 35.3 Å². The van der Waals surface area contributed by atoms with Crippen LogP contribution < -0.4 is 11.1 Å². The molecule has 0 aromatic carbocycles. The predicted octanol–water partition coefficient (Wildman–Crippen LogP) is -0.0720. The van der Waals surface area contributed by atoms with Crippen LogP contribution in [0.5, 0.6) is 0 Å². The lowest BCUT2D eigenvalue weighted by Gasteiger charge is -2.27. The summed E-state index contributed by atoms with van der Waals surface area (Å²) in [7, 11) is 1.54. The van der Waals surface area contributed by atoms with Crippen molar-refractivity contribution in [2.45, 2.75) is 19.9 Å². The molecule has 0 saturated heterocycles. The SMILES string of the molecule is CNC(=O)c1cc2c(nc1N)CCN(C(C)=O)C2. The van der Waals surface area contributed by atoms with Gasteiger partial charge >= 0.3 is 0 Å². The van der Waals surface area contributed by atoms with Crippen LogP contribution in [0.15, 0.2) is 6.07 Å². The summed E-state index contributed by atoms with van der Waals surface area (Å²) in [4.78, 5) is 29.0. The summed E-state index contributed by atoms with van der Waals surface area (Å²) < 4.78 is 0. The summed E-state index contributed by atoms with van der Waals surface area (Å²) in [5.74, 6) is 0.00564. The molecule has 0 radical (unpaired) electrons. The number of rotatable bonds is 1. The third-order valence-corrected chi connectivity index (χ3v) is 3.12. The van der Waals surface area contributed by atoms with Gasteiger partial charge in [-0.3, -0.25) is 9.59 Å². The maximum atomic E-state index is 11.6.